The summed E-state index contributed by atoms with van der Waals surface area (Å²) in [5.41, 5.74) is 5.45. The van der Waals surface area contributed by atoms with Gasteiger partial charge in [0.2, 0.25) is 0 Å². The van der Waals surface area contributed by atoms with E-state index >= 15 is 0 Å². The van der Waals surface area contributed by atoms with Crippen LogP contribution in [0.3, 0.4) is 0 Å². The zero-order chi connectivity index (χ0) is 11.3. The largest absolute Gasteiger partial charge is 0.0620 e. The summed E-state index contributed by atoms with van der Waals surface area (Å²) in [6, 6.07) is 8.36. The summed E-state index contributed by atoms with van der Waals surface area (Å²) in [5, 5.41) is 0. The van der Waals surface area contributed by atoms with E-state index in [4.69, 9.17) is 0 Å². The Hall–Kier alpha value is -1.04. The minimum Gasteiger partial charge on any atom is -0.0620 e. The number of hydrogen-bond donors (Lipinski definition) is 0. The van der Waals surface area contributed by atoms with E-state index in [2.05, 4.69) is 72.0 Å². The van der Waals surface area contributed by atoms with Crippen LogP contribution < -0.4 is 0 Å². The Balaban J connectivity index is 0.000000151. The molecular weight excluding hydrogens is 178 g/mol. The number of benzene rings is 1. The molecule has 0 saturated carbocycles. The molecular formula is C13H17B2. The molecule has 1 aromatic carbocycles. The van der Waals surface area contributed by atoms with Gasteiger partial charge >= 0.3 is 44.8 Å². The summed E-state index contributed by atoms with van der Waals surface area (Å²) in [5.74, 6) is 0. The van der Waals surface area contributed by atoms with Crippen LogP contribution in [0.1, 0.15) is 25.0 Å². The van der Waals surface area contributed by atoms with Gasteiger partial charge in [0.05, 0.1) is 0 Å². The molecule has 0 saturated heterocycles. The van der Waals surface area contributed by atoms with E-state index in [0.29, 0.717) is 0 Å². The number of allylic oxidation sites excluding steroid dienone is 2. The third kappa shape index (κ3) is 4.33. The van der Waals surface area contributed by atoms with Crippen molar-refractivity contribution >= 4 is 19.4 Å². The molecule has 0 spiro atoms. The van der Waals surface area contributed by atoms with Crippen LogP contribution in [-0.4, -0.2) is 19.4 Å². The number of aryl methyl sites for hydroxylation is 2. The molecule has 2 rings (SSSR count). The van der Waals surface area contributed by atoms with E-state index in [-0.39, 0.29) is 0 Å². The monoisotopic (exact) mass is 195 g/mol. The molecule has 1 heterocycles. The first-order chi connectivity index (χ1) is 7.09. The van der Waals surface area contributed by atoms with Crippen molar-refractivity contribution in [2.75, 3.05) is 0 Å². The van der Waals surface area contributed by atoms with Crippen LogP contribution in [0.15, 0.2) is 35.8 Å². The van der Waals surface area contributed by atoms with Crippen molar-refractivity contribution in [2.45, 2.75) is 27.7 Å². The second kappa shape index (κ2) is 5.75. The van der Waals surface area contributed by atoms with Gasteiger partial charge < -0.3 is 0 Å². The second-order valence-corrected chi connectivity index (χ2v) is 4.05. The van der Waals surface area contributed by atoms with Crippen molar-refractivity contribution in [3.8, 4) is 0 Å². The fraction of sp³-hybridized carbons (Fsp3) is 0.308. The van der Waals surface area contributed by atoms with Crippen LogP contribution >= 0.6 is 0 Å². The van der Waals surface area contributed by atoms with E-state index in [1.165, 1.54) is 22.1 Å². The Morgan fingerprint density at radius 2 is 1.40 bits per heavy atom. The summed E-state index contributed by atoms with van der Waals surface area (Å²) < 4.78 is 0. The Morgan fingerprint density at radius 3 is 1.60 bits per heavy atom. The molecule has 0 amide bonds. The quantitative estimate of drug-likeness (QED) is 0.558. The zero-order valence-electron chi connectivity index (χ0n) is 10.0. The first-order valence-corrected chi connectivity index (χ1v) is 5.32. The summed E-state index contributed by atoms with van der Waals surface area (Å²) in [7, 11) is 2.12. The van der Waals surface area contributed by atoms with Crippen molar-refractivity contribution in [2.24, 2.45) is 0 Å². The van der Waals surface area contributed by atoms with Crippen molar-refractivity contribution in [1.82, 2.24) is 0 Å². The third-order valence-corrected chi connectivity index (χ3v) is 2.49. The molecule has 0 fully saturated rings. The zero-order valence-corrected chi connectivity index (χ0v) is 10.0. The van der Waals surface area contributed by atoms with Gasteiger partial charge in [-0.15, -0.1) is 0 Å². The molecule has 1 aromatic rings. The molecule has 1 aliphatic rings. The van der Waals surface area contributed by atoms with Gasteiger partial charge in [0.1, 0.15) is 0 Å². The summed E-state index contributed by atoms with van der Waals surface area (Å²) >= 11 is 0. The minimum absolute atomic E-state index is 1.36. The predicted octanol–water partition coefficient (Wildman–Crippen LogP) is 2.72. The SMILES string of the molecule is CC1=B[B]C(C)=C1.Cc1ccccc1C. The van der Waals surface area contributed by atoms with Crippen LogP contribution in [-0.2, 0) is 0 Å². The van der Waals surface area contributed by atoms with Crippen molar-refractivity contribution in [3.63, 3.8) is 0 Å². The van der Waals surface area contributed by atoms with E-state index in [0.717, 1.165) is 0 Å². The van der Waals surface area contributed by atoms with Crippen molar-refractivity contribution < 1.29 is 0 Å². The molecule has 0 unspecified atom stereocenters. The predicted molar refractivity (Wildman–Crippen MR) is 71.9 cm³/mol. The Morgan fingerprint density at radius 1 is 0.867 bits per heavy atom. The molecule has 15 heavy (non-hydrogen) atoms. The van der Waals surface area contributed by atoms with Crippen molar-refractivity contribution in [3.05, 3.63) is 46.9 Å². The average molecular weight is 195 g/mol. The fourth-order valence-electron chi connectivity index (χ4n) is 1.38. The number of rotatable bonds is 0. The molecule has 0 aromatic heterocycles. The number of hydrogen-bond acceptors (Lipinski definition) is 0. The van der Waals surface area contributed by atoms with Gasteiger partial charge in [-0.1, -0.05) is 24.3 Å². The van der Waals surface area contributed by atoms with E-state index in [9.17, 15) is 0 Å². The van der Waals surface area contributed by atoms with Crippen LogP contribution in [0.2, 0.25) is 0 Å². The van der Waals surface area contributed by atoms with Crippen LogP contribution in [0.25, 0.3) is 0 Å². The molecule has 1 aliphatic heterocycles. The second-order valence-electron chi connectivity index (χ2n) is 4.05. The summed E-state index contributed by atoms with van der Waals surface area (Å²) in [6.45, 7) is 10.6. The fourth-order valence-corrected chi connectivity index (χ4v) is 1.38. The third-order valence-electron chi connectivity index (χ3n) is 2.49. The van der Waals surface area contributed by atoms with Gasteiger partial charge in [0, 0.05) is 0 Å². The van der Waals surface area contributed by atoms with E-state index in [1.807, 2.05) is 0 Å². The molecule has 75 valence electrons. The van der Waals surface area contributed by atoms with Gasteiger partial charge in [0.15, 0.2) is 0 Å². The van der Waals surface area contributed by atoms with Crippen LogP contribution in [0.5, 0.6) is 0 Å². The van der Waals surface area contributed by atoms with Crippen LogP contribution in [0.4, 0.5) is 0 Å². The van der Waals surface area contributed by atoms with Gasteiger partial charge in [0.25, 0.3) is 0 Å². The van der Waals surface area contributed by atoms with E-state index in [1.54, 1.807) is 0 Å². The summed E-state index contributed by atoms with van der Waals surface area (Å²) in [6.07, 6.45) is 2.17. The molecule has 0 aliphatic carbocycles. The maximum absolute atomic E-state index is 2.17. The molecule has 1 radical (unpaired) electrons. The van der Waals surface area contributed by atoms with Gasteiger partial charge in [-0.3, -0.25) is 0 Å². The van der Waals surface area contributed by atoms with Gasteiger partial charge in [-0.2, -0.15) is 0 Å². The Kier molecular flexibility index (Phi) is 4.61. The summed E-state index contributed by atoms with van der Waals surface area (Å²) in [4.78, 5) is 0. The topological polar surface area (TPSA) is 0 Å². The maximum atomic E-state index is 2.17. The van der Waals surface area contributed by atoms with Gasteiger partial charge in [-0.05, 0) is 25.0 Å². The smallest absolute Gasteiger partial charge is 0.0395 e. The molecule has 0 atom stereocenters. The van der Waals surface area contributed by atoms with Gasteiger partial charge in [-0.25, -0.2) is 0 Å². The van der Waals surface area contributed by atoms with E-state index < -0.39 is 0 Å². The average Bonchev–Trinajstić information content (AvgIpc) is 2.56. The molecule has 0 nitrogen and oxygen atoms in total. The Bertz CT molecular complexity index is 368. The molecule has 2 heteroatoms. The first-order valence-electron chi connectivity index (χ1n) is 5.32. The molecule has 0 N–H and O–H groups in total. The standard InChI is InChI=1S/C8H10.C5H7B2/c1-7-5-3-4-6-8(7)2;1-4-3-5(2)7-6-4/h3-6H,1-2H3;3H,1-2H3. The minimum atomic E-state index is 1.36. The Labute approximate surface area is 94.5 Å². The van der Waals surface area contributed by atoms with Crippen molar-refractivity contribution in [1.29, 1.82) is 0 Å². The first kappa shape index (κ1) is 12.0. The normalized spacial score (nSPS) is 12.8. The van der Waals surface area contributed by atoms with Crippen LogP contribution in [0, 0.1) is 13.8 Å². The maximum Gasteiger partial charge on any atom is -0.0395 e. The molecule has 0 bridgehead atoms.